The number of nitrogens with zero attached hydrogens (tertiary/aromatic N) is 3. The SMILES string of the molecule is Cn1nc(N)c2cccnc21. The Hall–Kier alpha value is -1.58. The van der Waals surface area contributed by atoms with Gasteiger partial charge < -0.3 is 5.73 Å². The van der Waals surface area contributed by atoms with E-state index in [0.717, 1.165) is 11.0 Å². The smallest absolute Gasteiger partial charge is 0.159 e. The lowest BCUT2D eigenvalue weighted by Crippen LogP contribution is -1.92. The van der Waals surface area contributed by atoms with Crippen LogP contribution in [0.2, 0.25) is 0 Å². The van der Waals surface area contributed by atoms with Crippen molar-refractivity contribution in [3.05, 3.63) is 18.3 Å². The van der Waals surface area contributed by atoms with Gasteiger partial charge in [0, 0.05) is 13.2 Å². The predicted molar refractivity (Wildman–Crippen MR) is 42.9 cm³/mol. The molecule has 0 radical (unpaired) electrons. The van der Waals surface area contributed by atoms with Crippen LogP contribution >= 0.6 is 0 Å². The van der Waals surface area contributed by atoms with E-state index in [1.165, 1.54) is 0 Å². The summed E-state index contributed by atoms with van der Waals surface area (Å²) >= 11 is 0. The van der Waals surface area contributed by atoms with Crippen LogP contribution in [0.4, 0.5) is 5.82 Å². The topological polar surface area (TPSA) is 56.7 Å². The van der Waals surface area contributed by atoms with Crippen LogP contribution in [0.5, 0.6) is 0 Å². The fraction of sp³-hybridized carbons (Fsp3) is 0.143. The summed E-state index contributed by atoms with van der Waals surface area (Å²) in [6, 6.07) is 3.76. The van der Waals surface area contributed by atoms with Crippen LogP contribution in [-0.2, 0) is 7.05 Å². The van der Waals surface area contributed by atoms with E-state index in [1.807, 2.05) is 19.2 Å². The molecule has 0 amide bonds. The fourth-order valence-corrected chi connectivity index (χ4v) is 1.12. The summed E-state index contributed by atoms with van der Waals surface area (Å²) in [6.07, 6.45) is 1.73. The Morgan fingerprint density at radius 3 is 3.09 bits per heavy atom. The third-order valence-electron chi connectivity index (χ3n) is 1.63. The molecule has 2 rings (SSSR count). The van der Waals surface area contributed by atoms with Crippen LogP contribution in [0.15, 0.2) is 18.3 Å². The highest BCUT2D eigenvalue weighted by atomic mass is 15.3. The van der Waals surface area contributed by atoms with Gasteiger partial charge in [0.1, 0.15) is 0 Å². The lowest BCUT2D eigenvalue weighted by molar-refractivity contribution is 0.791. The first-order valence-electron chi connectivity index (χ1n) is 3.32. The normalized spacial score (nSPS) is 10.6. The number of rotatable bonds is 0. The molecule has 2 aromatic heterocycles. The van der Waals surface area contributed by atoms with Crippen molar-refractivity contribution in [2.24, 2.45) is 7.05 Å². The molecular formula is C7H8N4. The van der Waals surface area contributed by atoms with E-state index in [9.17, 15) is 0 Å². The maximum Gasteiger partial charge on any atom is 0.159 e. The van der Waals surface area contributed by atoms with Crippen molar-refractivity contribution in [1.29, 1.82) is 0 Å². The zero-order valence-corrected chi connectivity index (χ0v) is 6.15. The second-order valence-corrected chi connectivity index (χ2v) is 2.38. The van der Waals surface area contributed by atoms with Gasteiger partial charge in [-0.1, -0.05) is 0 Å². The number of aryl methyl sites for hydroxylation is 1. The number of hydrogen-bond acceptors (Lipinski definition) is 3. The maximum atomic E-state index is 5.61. The molecule has 0 aromatic carbocycles. The Balaban J connectivity index is 2.95. The van der Waals surface area contributed by atoms with Gasteiger partial charge in [-0.2, -0.15) is 5.10 Å². The average molecular weight is 148 g/mol. The Labute approximate surface area is 63.6 Å². The molecule has 2 N–H and O–H groups in total. The van der Waals surface area contributed by atoms with Crippen molar-refractivity contribution in [2.45, 2.75) is 0 Å². The number of nitrogen functional groups attached to an aromatic ring is 1. The van der Waals surface area contributed by atoms with Gasteiger partial charge in [-0.3, -0.25) is 0 Å². The van der Waals surface area contributed by atoms with Crippen molar-refractivity contribution in [3.63, 3.8) is 0 Å². The molecule has 0 atom stereocenters. The third-order valence-corrected chi connectivity index (χ3v) is 1.63. The van der Waals surface area contributed by atoms with Gasteiger partial charge in [0.25, 0.3) is 0 Å². The summed E-state index contributed by atoms with van der Waals surface area (Å²) < 4.78 is 1.67. The van der Waals surface area contributed by atoms with E-state index in [1.54, 1.807) is 10.9 Å². The van der Waals surface area contributed by atoms with Crippen molar-refractivity contribution in [3.8, 4) is 0 Å². The summed E-state index contributed by atoms with van der Waals surface area (Å²) in [4.78, 5) is 4.12. The molecule has 11 heavy (non-hydrogen) atoms. The Morgan fingerprint density at radius 1 is 1.55 bits per heavy atom. The molecule has 0 saturated heterocycles. The lowest BCUT2D eigenvalue weighted by atomic mass is 10.3. The maximum absolute atomic E-state index is 5.61. The van der Waals surface area contributed by atoms with E-state index < -0.39 is 0 Å². The monoisotopic (exact) mass is 148 g/mol. The molecule has 0 aliphatic heterocycles. The first kappa shape index (κ1) is 6.15. The highest BCUT2D eigenvalue weighted by Crippen LogP contribution is 2.15. The van der Waals surface area contributed by atoms with E-state index in [2.05, 4.69) is 10.1 Å². The number of anilines is 1. The number of aromatic nitrogens is 3. The van der Waals surface area contributed by atoms with Crippen LogP contribution in [0.1, 0.15) is 0 Å². The zero-order chi connectivity index (χ0) is 7.84. The molecule has 0 bridgehead atoms. The second-order valence-electron chi connectivity index (χ2n) is 2.38. The molecule has 2 heterocycles. The summed E-state index contributed by atoms with van der Waals surface area (Å²) in [7, 11) is 1.83. The van der Waals surface area contributed by atoms with Gasteiger partial charge in [0.2, 0.25) is 0 Å². The molecule has 56 valence electrons. The molecule has 0 aliphatic rings. The van der Waals surface area contributed by atoms with Crippen molar-refractivity contribution in [2.75, 3.05) is 5.73 Å². The molecule has 0 fully saturated rings. The summed E-state index contributed by atoms with van der Waals surface area (Å²) in [5, 5.41) is 4.93. The molecule has 0 aliphatic carbocycles. The quantitative estimate of drug-likeness (QED) is 0.593. The predicted octanol–water partition coefficient (Wildman–Crippen LogP) is 0.551. The third kappa shape index (κ3) is 0.756. The number of pyridine rings is 1. The zero-order valence-electron chi connectivity index (χ0n) is 6.15. The van der Waals surface area contributed by atoms with Gasteiger partial charge in [0.05, 0.1) is 5.39 Å². The highest BCUT2D eigenvalue weighted by Gasteiger charge is 2.03. The number of nitrogens with two attached hydrogens (primary N) is 1. The minimum Gasteiger partial charge on any atom is -0.382 e. The number of fused-ring (bicyclic) bond motifs is 1. The first-order chi connectivity index (χ1) is 5.29. The summed E-state index contributed by atoms with van der Waals surface area (Å²) in [5.41, 5.74) is 6.43. The second kappa shape index (κ2) is 1.95. The van der Waals surface area contributed by atoms with E-state index in [-0.39, 0.29) is 0 Å². The van der Waals surface area contributed by atoms with Gasteiger partial charge >= 0.3 is 0 Å². The Bertz CT molecular complexity index is 354. The molecular weight excluding hydrogens is 140 g/mol. The molecule has 2 aromatic rings. The lowest BCUT2D eigenvalue weighted by Gasteiger charge is -1.88. The van der Waals surface area contributed by atoms with Crippen molar-refractivity contribution < 1.29 is 0 Å². The first-order valence-corrected chi connectivity index (χ1v) is 3.32. The molecule has 4 nitrogen and oxygen atoms in total. The van der Waals surface area contributed by atoms with Crippen LogP contribution in [0.25, 0.3) is 11.0 Å². The van der Waals surface area contributed by atoms with E-state index >= 15 is 0 Å². The van der Waals surface area contributed by atoms with Gasteiger partial charge in [0.15, 0.2) is 11.5 Å². The summed E-state index contributed by atoms with van der Waals surface area (Å²) in [6.45, 7) is 0. The van der Waals surface area contributed by atoms with Gasteiger partial charge in [-0.05, 0) is 12.1 Å². The molecule has 0 spiro atoms. The molecule has 4 heteroatoms. The molecule has 0 unspecified atom stereocenters. The van der Waals surface area contributed by atoms with Crippen molar-refractivity contribution in [1.82, 2.24) is 14.8 Å². The van der Waals surface area contributed by atoms with Crippen LogP contribution in [0.3, 0.4) is 0 Å². The number of hydrogen-bond donors (Lipinski definition) is 1. The van der Waals surface area contributed by atoms with E-state index in [0.29, 0.717) is 5.82 Å². The van der Waals surface area contributed by atoms with Crippen LogP contribution in [0, 0.1) is 0 Å². The van der Waals surface area contributed by atoms with Gasteiger partial charge in [-0.15, -0.1) is 0 Å². The van der Waals surface area contributed by atoms with E-state index in [4.69, 9.17) is 5.73 Å². The van der Waals surface area contributed by atoms with Crippen LogP contribution < -0.4 is 5.73 Å². The Morgan fingerprint density at radius 2 is 2.36 bits per heavy atom. The average Bonchev–Trinajstić information content (AvgIpc) is 2.30. The molecule has 0 saturated carbocycles. The largest absolute Gasteiger partial charge is 0.382 e. The standard InChI is InChI=1S/C7H8N4/c1-11-7-5(6(8)10-11)3-2-4-9-7/h2-4H,1H3,(H2,8,10). The minimum absolute atomic E-state index is 0.538. The Kier molecular flexibility index (Phi) is 1.09. The fourth-order valence-electron chi connectivity index (χ4n) is 1.12. The van der Waals surface area contributed by atoms with Crippen molar-refractivity contribution >= 4 is 16.9 Å². The minimum atomic E-state index is 0.538. The highest BCUT2D eigenvalue weighted by molar-refractivity contribution is 5.85. The van der Waals surface area contributed by atoms with Gasteiger partial charge in [-0.25, -0.2) is 9.67 Å². The van der Waals surface area contributed by atoms with Crippen LogP contribution in [-0.4, -0.2) is 14.8 Å². The summed E-state index contributed by atoms with van der Waals surface area (Å²) in [5.74, 6) is 0.538.